The van der Waals surface area contributed by atoms with Crippen LogP contribution in [0.3, 0.4) is 0 Å². The number of nitrogens with zero attached hydrogens (tertiary/aromatic N) is 4. The standard InChI is InChI=1S/C23H30N4O2/c28-22(16-25-10-8-18(9-11-25)17-4-2-1-3-5-17)26-12-13-27-20(15-26)14-21(24-27)23(29)19-6-7-19/h1-5,14,18-19,23,29H,6-13,15-16H2/t23-/m0/s1. The van der Waals surface area contributed by atoms with Gasteiger partial charge in [-0.05, 0) is 62.2 Å². The SMILES string of the molecule is O=C(CN1CCC(c2ccccc2)CC1)N1CCn2nc([C@@H](O)C3CC3)cc2C1. The van der Waals surface area contributed by atoms with Crippen LogP contribution >= 0.6 is 0 Å². The Labute approximate surface area is 172 Å². The Morgan fingerprint density at radius 1 is 1.07 bits per heavy atom. The number of hydrogen-bond acceptors (Lipinski definition) is 4. The van der Waals surface area contributed by atoms with Crippen molar-refractivity contribution in [1.82, 2.24) is 19.6 Å². The number of likely N-dealkylation sites (tertiary alicyclic amines) is 1. The Kier molecular flexibility index (Phi) is 5.14. The molecule has 0 bridgehead atoms. The van der Waals surface area contributed by atoms with Crippen LogP contribution in [-0.4, -0.2) is 56.8 Å². The minimum Gasteiger partial charge on any atom is -0.386 e. The predicted molar refractivity (Wildman–Crippen MR) is 110 cm³/mol. The third-order valence-electron chi connectivity index (χ3n) is 6.76. The summed E-state index contributed by atoms with van der Waals surface area (Å²) in [6.07, 6.45) is 3.98. The molecule has 2 fully saturated rings. The highest BCUT2D eigenvalue weighted by atomic mass is 16.3. The van der Waals surface area contributed by atoms with Crippen LogP contribution in [0.1, 0.15) is 54.7 Å². The van der Waals surface area contributed by atoms with Crippen LogP contribution in [0.2, 0.25) is 0 Å². The zero-order chi connectivity index (χ0) is 19.8. The van der Waals surface area contributed by atoms with Gasteiger partial charge in [0.15, 0.2) is 0 Å². The number of amides is 1. The van der Waals surface area contributed by atoms with E-state index in [1.165, 1.54) is 5.56 Å². The number of aliphatic hydroxyl groups excluding tert-OH is 1. The number of aromatic nitrogens is 2. The summed E-state index contributed by atoms with van der Waals surface area (Å²) in [5.41, 5.74) is 3.24. The Morgan fingerprint density at radius 2 is 1.83 bits per heavy atom. The van der Waals surface area contributed by atoms with Gasteiger partial charge in [0.1, 0.15) is 6.10 Å². The molecule has 5 rings (SSSR count). The topological polar surface area (TPSA) is 61.6 Å². The fourth-order valence-electron chi connectivity index (χ4n) is 4.74. The van der Waals surface area contributed by atoms with E-state index in [4.69, 9.17) is 0 Å². The first-order valence-corrected chi connectivity index (χ1v) is 11.0. The molecule has 2 aliphatic heterocycles. The van der Waals surface area contributed by atoms with Crippen LogP contribution in [0.15, 0.2) is 36.4 Å². The maximum absolute atomic E-state index is 12.9. The molecule has 1 saturated carbocycles. The van der Waals surface area contributed by atoms with Crippen LogP contribution in [0, 0.1) is 5.92 Å². The third kappa shape index (κ3) is 4.09. The summed E-state index contributed by atoms with van der Waals surface area (Å²) in [5.74, 6) is 1.20. The van der Waals surface area contributed by atoms with Crippen molar-refractivity contribution in [2.24, 2.45) is 5.92 Å². The van der Waals surface area contributed by atoms with Crippen LogP contribution in [0.4, 0.5) is 0 Å². The number of carbonyl (C=O) groups is 1. The fraction of sp³-hybridized carbons (Fsp3) is 0.565. The number of aliphatic hydroxyl groups is 1. The highest BCUT2D eigenvalue weighted by Crippen LogP contribution is 2.40. The molecular formula is C23H30N4O2. The van der Waals surface area contributed by atoms with Gasteiger partial charge in [0.25, 0.3) is 0 Å². The Hall–Kier alpha value is -2.18. The van der Waals surface area contributed by atoms with Gasteiger partial charge in [0.05, 0.1) is 31.0 Å². The maximum Gasteiger partial charge on any atom is 0.237 e. The van der Waals surface area contributed by atoms with Crippen molar-refractivity contribution in [1.29, 1.82) is 0 Å². The van der Waals surface area contributed by atoms with Crippen LogP contribution in [-0.2, 0) is 17.9 Å². The van der Waals surface area contributed by atoms with Gasteiger partial charge >= 0.3 is 0 Å². The summed E-state index contributed by atoms with van der Waals surface area (Å²) < 4.78 is 1.97. The molecule has 1 atom stereocenters. The van der Waals surface area contributed by atoms with Crippen LogP contribution < -0.4 is 0 Å². The maximum atomic E-state index is 12.9. The van der Waals surface area contributed by atoms with Crippen molar-refractivity contribution >= 4 is 5.91 Å². The second-order valence-electron chi connectivity index (χ2n) is 8.84. The number of benzene rings is 1. The number of hydrogen-bond donors (Lipinski definition) is 1. The summed E-state index contributed by atoms with van der Waals surface area (Å²) in [5, 5.41) is 14.9. The molecule has 6 nitrogen and oxygen atoms in total. The van der Waals surface area contributed by atoms with Gasteiger partial charge in [-0.1, -0.05) is 30.3 Å². The predicted octanol–water partition coefficient (Wildman–Crippen LogP) is 2.55. The van der Waals surface area contributed by atoms with Gasteiger partial charge in [0.2, 0.25) is 5.91 Å². The summed E-state index contributed by atoms with van der Waals surface area (Å²) in [6, 6.07) is 12.7. The lowest BCUT2D eigenvalue weighted by Crippen LogP contribution is -2.45. The lowest BCUT2D eigenvalue weighted by atomic mass is 9.89. The molecule has 1 N–H and O–H groups in total. The van der Waals surface area contributed by atoms with E-state index in [1.54, 1.807) is 0 Å². The average Bonchev–Trinajstić information content (AvgIpc) is 3.52. The highest BCUT2D eigenvalue weighted by Gasteiger charge is 2.34. The fourth-order valence-corrected chi connectivity index (χ4v) is 4.74. The molecule has 2 aromatic rings. The van der Waals surface area contributed by atoms with Crippen molar-refractivity contribution < 1.29 is 9.90 Å². The number of carbonyl (C=O) groups excluding carboxylic acids is 1. The summed E-state index contributed by atoms with van der Waals surface area (Å²) in [7, 11) is 0. The quantitative estimate of drug-likeness (QED) is 0.847. The van der Waals surface area contributed by atoms with Gasteiger partial charge in [-0.25, -0.2) is 0 Å². The van der Waals surface area contributed by atoms with Crippen LogP contribution in [0.5, 0.6) is 0 Å². The van der Waals surface area contributed by atoms with Crippen molar-refractivity contribution in [3.05, 3.63) is 53.3 Å². The second kappa shape index (κ2) is 7.92. The van der Waals surface area contributed by atoms with E-state index in [0.717, 1.165) is 50.2 Å². The molecule has 3 heterocycles. The van der Waals surface area contributed by atoms with Crippen LogP contribution in [0.25, 0.3) is 0 Å². The number of fused-ring (bicyclic) bond motifs is 1. The monoisotopic (exact) mass is 394 g/mol. The summed E-state index contributed by atoms with van der Waals surface area (Å²) in [4.78, 5) is 17.1. The van der Waals surface area contributed by atoms with Gasteiger partial charge in [-0.3, -0.25) is 14.4 Å². The van der Waals surface area contributed by atoms with E-state index in [1.807, 2.05) is 15.6 Å². The average molecular weight is 395 g/mol. The molecule has 6 heteroatoms. The molecule has 1 aromatic heterocycles. The van der Waals surface area contributed by atoms with E-state index >= 15 is 0 Å². The Balaban J connectivity index is 1.14. The van der Waals surface area contributed by atoms with E-state index in [2.05, 4.69) is 40.3 Å². The normalized spacial score (nSPS) is 21.8. The molecule has 29 heavy (non-hydrogen) atoms. The first-order valence-electron chi connectivity index (χ1n) is 11.0. The van der Waals surface area contributed by atoms with Crippen molar-refractivity contribution in [3.8, 4) is 0 Å². The Morgan fingerprint density at radius 3 is 2.55 bits per heavy atom. The Bertz CT molecular complexity index is 853. The molecule has 1 aliphatic carbocycles. The van der Waals surface area contributed by atoms with Crippen molar-refractivity contribution in [2.75, 3.05) is 26.2 Å². The summed E-state index contributed by atoms with van der Waals surface area (Å²) >= 11 is 0. The van der Waals surface area contributed by atoms with E-state index in [-0.39, 0.29) is 5.91 Å². The molecular weight excluding hydrogens is 364 g/mol. The number of rotatable bonds is 5. The zero-order valence-corrected chi connectivity index (χ0v) is 16.9. The minimum absolute atomic E-state index is 0.208. The lowest BCUT2D eigenvalue weighted by Gasteiger charge is -2.34. The first-order chi connectivity index (χ1) is 14.2. The van der Waals surface area contributed by atoms with Gasteiger partial charge < -0.3 is 10.0 Å². The third-order valence-corrected chi connectivity index (χ3v) is 6.76. The zero-order valence-electron chi connectivity index (χ0n) is 16.9. The van der Waals surface area contributed by atoms with Crippen molar-refractivity contribution in [2.45, 2.75) is 50.8 Å². The minimum atomic E-state index is -0.442. The molecule has 1 aromatic carbocycles. The first kappa shape index (κ1) is 18.8. The molecule has 3 aliphatic rings. The number of piperidine rings is 1. The van der Waals surface area contributed by atoms with Gasteiger partial charge in [-0.15, -0.1) is 0 Å². The van der Waals surface area contributed by atoms with E-state index in [0.29, 0.717) is 38.0 Å². The smallest absolute Gasteiger partial charge is 0.237 e. The van der Waals surface area contributed by atoms with Gasteiger partial charge in [0, 0.05) is 6.54 Å². The largest absolute Gasteiger partial charge is 0.386 e. The van der Waals surface area contributed by atoms with E-state index in [9.17, 15) is 9.90 Å². The lowest BCUT2D eigenvalue weighted by molar-refractivity contribution is -0.134. The van der Waals surface area contributed by atoms with E-state index < -0.39 is 6.10 Å². The molecule has 1 amide bonds. The molecule has 154 valence electrons. The summed E-state index contributed by atoms with van der Waals surface area (Å²) in [6.45, 7) is 4.49. The molecule has 0 unspecified atom stereocenters. The second-order valence-corrected chi connectivity index (χ2v) is 8.84. The molecule has 0 spiro atoms. The molecule has 1 saturated heterocycles. The van der Waals surface area contributed by atoms with Gasteiger partial charge in [-0.2, -0.15) is 5.10 Å². The highest BCUT2D eigenvalue weighted by molar-refractivity contribution is 5.78. The molecule has 0 radical (unpaired) electrons. The van der Waals surface area contributed by atoms with Crippen molar-refractivity contribution in [3.63, 3.8) is 0 Å².